The van der Waals surface area contributed by atoms with E-state index in [4.69, 9.17) is 9.47 Å². The Kier molecular flexibility index (Phi) is 12.0. The zero-order chi connectivity index (χ0) is 17.1. The Labute approximate surface area is 163 Å². The van der Waals surface area contributed by atoms with Gasteiger partial charge in [-0.1, -0.05) is 24.3 Å². The second-order valence-electron chi connectivity index (χ2n) is 5.97. The Morgan fingerprint density at radius 1 is 1.08 bits per heavy atom. The first-order chi connectivity index (χ1) is 11.0. The first-order valence-electron chi connectivity index (χ1n) is 8.23. The first kappa shape index (κ1) is 23.1. The van der Waals surface area contributed by atoms with Crippen molar-refractivity contribution in [3.05, 3.63) is 35.4 Å². The van der Waals surface area contributed by atoms with E-state index in [0.717, 1.165) is 19.1 Å². The SMILES string of the molecule is CCNC(=NCc1ccc(COCC)cc1)NCC(C)(C)OC.I. The lowest BCUT2D eigenvalue weighted by atomic mass is 10.1. The van der Waals surface area contributed by atoms with E-state index in [-0.39, 0.29) is 29.6 Å². The fraction of sp³-hybridized carbons (Fsp3) is 0.611. The molecule has 0 bridgehead atoms. The molecule has 1 aromatic rings. The van der Waals surface area contributed by atoms with Gasteiger partial charge in [-0.15, -0.1) is 24.0 Å². The van der Waals surface area contributed by atoms with Crippen LogP contribution in [0.15, 0.2) is 29.3 Å². The molecular formula is C18H32IN3O2. The molecule has 0 saturated carbocycles. The Morgan fingerprint density at radius 2 is 1.71 bits per heavy atom. The van der Waals surface area contributed by atoms with Crippen molar-refractivity contribution in [3.8, 4) is 0 Å². The highest BCUT2D eigenvalue weighted by atomic mass is 127. The minimum absolute atomic E-state index is 0. The summed E-state index contributed by atoms with van der Waals surface area (Å²) in [6, 6.07) is 8.38. The van der Waals surface area contributed by atoms with Crippen LogP contribution in [0, 0.1) is 0 Å². The van der Waals surface area contributed by atoms with Gasteiger partial charge in [0.15, 0.2) is 5.96 Å². The molecule has 0 fully saturated rings. The predicted molar refractivity (Wildman–Crippen MR) is 111 cm³/mol. The van der Waals surface area contributed by atoms with Crippen LogP contribution in [-0.2, 0) is 22.6 Å². The lowest BCUT2D eigenvalue weighted by Crippen LogP contribution is -2.45. The number of hydrogen-bond acceptors (Lipinski definition) is 3. The van der Waals surface area contributed by atoms with E-state index >= 15 is 0 Å². The van der Waals surface area contributed by atoms with Crippen LogP contribution < -0.4 is 10.6 Å². The number of ether oxygens (including phenoxy) is 2. The van der Waals surface area contributed by atoms with Crippen molar-refractivity contribution in [1.82, 2.24) is 10.6 Å². The molecule has 1 rings (SSSR count). The normalized spacial score (nSPS) is 11.8. The molecule has 0 saturated heterocycles. The van der Waals surface area contributed by atoms with Crippen molar-refractivity contribution >= 4 is 29.9 Å². The molecule has 1 aromatic carbocycles. The van der Waals surface area contributed by atoms with Gasteiger partial charge < -0.3 is 20.1 Å². The fourth-order valence-electron chi connectivity index (χ4n) is 1.84. The molecule has 5 nitrogen and oxygen atoms in total. The third-order valence-corrected chi connectivity index (χ3v) is 3.49. The van der Waals surface area contributed by atoms with Crippen molar-refractivity contribution in [1.29, 1.82) is 0 Å². The van der Waals surface area contributed by atoms with Crippen LogP contribution in [0.3, 0.4) is 0 Å². The molecule has 0 aliphatic heterocycles. The van der Waals surface area contributed by atoms with Gasteiger partial charge in [-0.2, -0.15) is 0 Å². The summed E-state index contributed by atoms with van der Waals surface area (Å²) < 4.78 is 10.8. The van der Waals surface area contributed by atoms with Crippen LogP contribution in [0.2, 0.25) is 0 Å². The van der Waals surface area contributed by atoms with Gasteiger partial charge in [0.1, 0.15) is 0 Å². The lowest BCUT2D eigenvalue weighted by Gasteiger charge is -2.24. The van der Waals surface area contributed by atoms with E-state index in [2.05, 4.69) is 46.8 Å². The molecule has 24 heavy (non-hydrogen) atoms. The minimum atomic E-state index is -0.225. The van der Waals surface area contributed by atoms with Gasteiger partial charge in [0.25, 0.3) is 0 Å². The van der Waals surface area contributed by atoms with Gasteiger partial charge in [-0.05, 0) is 38.8 Å². The molecule has 0 aliphatic carbocycles. The van der Waals surface area contributed by atoms with E-state index in [0.29, 0.717) is 19.7 Å². The molecular weight excluding hydrogens is 417 g/mol. The largest absolute Gasteiger partial charge is 0.377 e. The van der Waals surface area contributed by atoms with E-state index in [1.165, 1.54) is 11.1 Å². The van der Waals surface area contributed by atoms with Gasteiger partial charge in [-0.3, -0.25) is 0 Å². The molecule has 0 unspecified atom stereocenters. The second-order valence-corrected chi connectivity index (χ2v) is 5.97. The predicted octanol–water partition coefficient (Wildman–Crippen LogP) is 3.32. The summed E-state index contributed by atoms with van der Waals surface area (Å²) in [5, 5.41) is 6.57. The highest BCUT2D eigenvalue weighted by Crippen LogP contribution is 2.07. The molecule has 2 N–H and O–H groups in total. The molecule has 0 atom stereocenters. The summed E-state index contributed by atoms with van der Waals surface area (Å²) in [7, 11) is 1.72. The maximum atomic E-state index is 5.42. The van der Waals surface area contributed by atoms with Crippen molar-refractivity contribution in [2.24, 2.45) is 4.99 Å². The van der Waals surface area contributed by atoms with Crippen LogP contribution in [0.1, 0.15) is 38.8 Å². The third-order valence-electron chi connectivity index (χ3n) is 3.49. The molecule has 0 aliphatic rings. The zero-order valence-corrected chi connectivity index (χ0v) is 17.8. The fourth-order valence-corrected chi connectivity index (χ4v) is 1.84. The molecule has 138 valence electrons. The second kappa shape index (κ2) is 12.5. The van der Waals surface area contributed by atoms with E-state index in [1.54, 1.807) is 7.11 Å². The minimum Gasteiger partial charge on any atom is -0.377 e. The van der Waals surface area contributed by atoms with Crippen LogP contribution in [0.5, 0.6) is 0 Å². The third kappa shape index (κ3) is 9.44. The molecule has 0 amide bonds. The van der Waals surface area contributed by atoms with E-state index in [1.807, 2.05) is 20.8 Å². The number of rotatable bonds is 9. The topological polar surface area (TPSA) is 54.9 Å². The number of methoxy groups -OCH3 is 1. The van der Waals surface area contributed by atoms with Crippen molar-refractivity contribution in [2.45, 2.75) is 46.4 Å². The maximum absolute atomic E-state index is 5.42. The molecule has 0 spiro atoms. The van der Waals surface area contributed by atoms with Crippen LogP contribution in [-0.4, -0.2) is 38.4 Å². The Morgan fingerprint density at radius 3 is 2.25 bits per heavy atom. The van der Waals surface area contributed by atoms with Crippen molar-refractivity contribution < 1.29 is 9.47 Å². The highest BCUT2D eigenvalue weighted by Gasteiger charge is 2.16. The number of hydrogen-bond donors (Lipinski definition) is 2. The Hall–Kier alpha value is -0.860. The lowest BCUT2D eigenvalue weighted by molar-refractivity contribution is 0.0268. The molecule has 0 radical (unpaired) electrons. The van der Waals surface area contributed by atoms with Gasteiger partial charge >= 0.3 is 0 Å². The number of nitrogens with one attached hydrogen (secondary N) is 2. The monoisotopic (exact) mass is 449 g/mol. The van der Waals surface area contributed by atoms with E-state index < -0.39 is 0 Å². The highest BCUT2D eigenvalue weighted by molar-refractivity contribution is 14.0. The van der Waals surface area contributed by atoms with Gasteiger partial charge in [0.05, 0.1) is 18.8 Å². The summed E-state index contributed by atoms with van der Waals surface area (Å²) >= 11 is 0. The summed E-state index contributed by atoms with van der Waals surface area (Å²) in [6.45, 7) is 11.7. The Bertz CT molecular complexity index is 476. The summed E-state index contributed by atoms with van der Waals surface area (Å²) in [4.78, 5) is 4.62. The van der Waals surface area contributed by atoms with Crippen LogP contribution in [0.4, 0.5) is 0 Å². The molecule has 6 heteroatoms. The smallest absolute Gasteiger partial charge is 0.191 e. The summed E-state index contributed by atoms with van der Waals surface area (Å²) in [6.07, 6.45) is 0. The number of nitrogens with zero attached hydrogens (tertiary/aromatic N) is 1. The number of guanidine groups is 1. The van der Waals surface area contributed by atoms with Crippen LogP contribution in [0.25, 0.3) is 0 Å². The molecule has 0 heterocycles. The average molecular weight is 449 g/mol. The summed E-state index contributed by atoms with van der Waals surface area (Å²) in [5.41, 5.74) is 2.14. The van der Waals surface area contributed by atoms with Crippen LogP contribution >= 0.6 is 24.0 Å². The number of benzene rings is 1. The van der Waals surface area contributed by atoms with E-state index in [9.17, 15) is 0 Å². The number of aliphatic imine (C=N–C) groups is 1. The molecule has 0 aromatic heterocycles. The van der Waals surface area contributed by atoms with Gasteiger partial charge in [-0.25, -0.2) is 4.99 Å². The standard InChI is InChI=1S/C18H31N3O2.HI/c1-6-19-17(21-14-18(3,4)22-5)20-12-15-8-10-16(11-9-15)13-23-7-2;/h8-11H,6-7,12-14H2,1-5H3,(H2,19,20,21);1H. The Balaban J connectivity index is 0.00000529. The quantitative estimate of drug-likeness (QED) is 0.345. The number of halogens is 1. The van der Waals surface area contributed by atoms with Crippen molar-refractivity contribution in [3.63, 3.8) is 0 Å². The van der Waals surface area contributed by atoms with Crippen molar-refractivity contribution in [2.75, 3.05) is 26.8 Å². The van der Waals surface area contributed by atoms with Gasteiger partial charge in [0, 0.05) is 26.8 Å². The summed E-state index contributed by atoms with van der Waals surface area (Å²) in [5.74, 6) is 0.802. The zero-order valence-electron chi connectivity index (χ0n) is 15.5. The van der Waals surface area contributed by atoms with Gasteiger partial charge in [0.2, 0.25) is 0 Å². The maximum Gasteiger partial charge on any atom is 0.191 e. The average Bonchev–Trinajstić information content (AvgIpc) is 2.56. The first-order valence-corrected chi connectivity index (χ1v) is 8.23.